The van der Waals surface area contributed by atoms with Crippen molar-refractivity contribution in [2.75, 3.05) is 0 Å². The van der Waals surface area contributed by atoms with E-state index in [0.29, 0.717) is 23.3 Å². The van der Waals surface area contributed by atoms with Crippen molar-refractivity contribution in [3.63, 3.8) is 0 Å². The van der Waals surface area contributed by atoms with E-state index in [-0.39, 0.29) is 11.3 Å². The molecule has 0 saturated heterocycles. The van der Waals surface area contributed by atoms with Gasteiger partial charge >= 0.3 is 5.97 Å². The van der Waals surface area contributed by atoms with E-state index in [1.165, 1.54) is 12.1 Å². The van der Waals surface area contributed by atoms with E-state index in [1.807, 2.05) is 0 Å². The summed E-state index contributed by atoms with van der Waals surface area (Å²) in [5, 5.41) is 13.4. The summed E-state index contributed by atoms with van der Waals surface area (Å²) in [7, 11) is 0. The molecule has 0 aliphatic rings. The molecular formula is C15H10N2O4. The second-order valence-corrected chi connectivity index (χ2v) is 4.31. The minimum Gasteiger partial charge on any atom is -0.478 e. The maximum Gasteiger partial charge on any atom is 0.336 e. The lowest BCUT2D eigenvalue weighted by atomic mass is 10.0. The number of hydrogen-bond acceptors (Lipinski definition) is 4. The molecule has 0 unspecified atom stereocenters. The van der Waals surface area contributed by atoms with Gasteiger partial charge in [0.15, 0.2) is 12.0 Å². The van der Waals surface area contributed by atoms with Crippen LogP contribution in [0.2, 0.25) is 0 Å². The van der Waals surface area contributed by atoms with E-state index < -0.39 is 5.97 Å². The van der Waals surface area contributed by atoms with Crippen LogP contribution in [0.25, 0.3) is 17.0 Å². The number of aromatic nitrogens is 2. The molecule has 1 N–H and O–H groups in total. The van der Waals surface area contributed by atoms with Crippen LogP contribution in [-0.4, -0.2) is 27.1 Å². The van der Waals surface area contributed by atoms with Crippen molar-refractivity contribution in [1.82, 2.24) is 9.78 Å². The predicted octanol–water partition coefficient (Wildman–Crippen LogP) is 2.64. The standard InChI is InChI=1S/C15H10N2O4/c18-9-11-3-5-14(21-11)13-8-10(17-7-1-6-16-17)2-4-12(13)15(19)20/h1-9H,(H,19,20). The molecule has 6 heteroatoms. The first-order chi connectivity index (χ1) is 10.2. The molecule has 0 amide bonds. The summed E-state index contributed by atoms with van der Waals surface area (Å²) in [5.74, 6) is -0.601. The molecule has 6 nitrogen and oxygen atoms in total. The normalized spacial score (nSPS) is 10.5. The molecule has 0 aliphatic carbocycles. The molecule has 3 aromatic rings. The second kappa shape index (κ2) is 5.09. The van der Waals surface area contributed by atoms with Gasteiger partial charge in [-0.15, -0.1) is 0 Å². The van der Waals surface area contributed by atoms with Crippen LogP contribution in [-0.2, 0) is 0 Å². The van der Waals surface area contributed by atoms with Gasteiger partial charge in [0.05, 0.1) is 11.3 Å². The smallest absolute Gasteiger partial charge is 0.336 e. The van der Waals surface area contributed by atoms with E-state index in [0.717, 1.165) is 0 Å². The molecule has 2 heterocycles. The van der Waals surface area contributed by atoms with Crippen LogP contribution < -0.4 is 0 Å². The minimum absolute atomic E-state index is 0.0951. The Kier molecular flexibility index (Phi) is 3.12. The van der Waals surface area contributed by atoms with Crippen molar-refractivity contribution in [2.45, 2.75) is 0 Å². The third-order valence-electron chi connectivity index (χ3n) is 3.01. The molecule has 0 fully saturated rings. The molecule has 3 rings (SSSR count). The molecular weight excluding hydrogens is 272 g/mol. The Hall–Kier alpha value is -3.15. The number of nitrogens with zero attached hydrogens (tertiary/aromatic N) is 2. The van der Waals surface area contributed by atoms with E-state index >= 15 is 0 Å². The zero-order chi connectivity index (χ0) is 14.8. The summed E-state index contributed by atoms with van der Waals surface area (Å²) in [4.78, 5) is 22.0. The predicted molar refractivity (Wildman–Crippen MR) is 73.6 cm³/mol. The lowest BCUT2D eigenvalue weighted by Crippen LogP contribution is -2.02. The Morgan fingerprint density at radius 1 is 1.29 bits per heavy atom. The van der Waals surface area contributed by atoms with Gasteiger partial charge in [-0.2, -0.15) is 5.10 Å². The number of aromatic carboxylic acids is 1. The largest absolute Gasteiger partial charge is 0.478 e. The number of aldehydes is 1. The lowest BCUT2D eigenvalue weighted by molar-refractivity contribution is 0.0697. The average molecular weight is 282 g/mol. The first kappa shape index (κ1) is 12.9. The van der Waals surface area contributed by atoms with Crippen LogP contribution in [0, 0.1) is 0 Å². The summed E-state index contributed by atoms with van der Waals surface area (Å²) in [6.45, 7) is 0. The van der Waals surface area contributed by atoms with Gasteiger partial charge in [-0.3, -0.25) is 4.79 Å². The fourth-order valence-electron chi connectivity index (χ4n) is 2.05. The minimum atomic E-state index is -1.07. The van der Waals surface area contributed by atoms with Crippen LogP contribution in [0.4, 0.5) is 0 Å². The molecule has 0 saturated carbocycles. The zero-order valence-corrected chi connectivity index (χ0v) is 10.8. The Labute approximate surface area is 119 Å². The average Bonchev–Trinajstić information content (AvgIpc) is 3.18. The van der Waals surface area contributed by atoms with E-state index in [2.05, 4.69) is 5.10 Å². The molecule has 0 spiro atoms. The van der Waals surface area contributed by atoms with Gasteiger partial charge in [-0.25, -0.2) is 9.48 Å². The highest BCUT2D eigenvalue weighted by Crippen LogP contribution is 2.28. The van der Waals surface area contributed by atoms with Crippen molar-refractivity contribution in [3.05, 3.63) is 60.1 Å². The molecule has 21 heavy (non-hydrogen) atoms. The quantitative estimate of drug-likeness (QED) is 0.743. The molecule has 2 aromatic heterocycles. The highest BCUT2D eigenvalue weighted by Gasteiger charge is 2.16. The van der Waals surface area contributed by atoms with Crippen molar-refractivity contribution in [2.24, 2.45) is 0 Å². The molecule has 0 bridgehead atoms. The third-order valence-corrected chi connectivity index (χ3v) is 3.01. The lowest BCUT2D eigenvalue weighted by Gasteiger charge is -2.07. The van der Waals surface area contributed by atoms with Gasteiger partial charge in [-0.05, 0) is 36.4 Å². The highest BCUT2D eigenvalue weighted by atomic mass is 16.4. The van der Waals surface area contributed by atoms with Gasteiger partial charge in [-0.1, -0.05) is 0 Å². The van der Waals surface area contributed by atoms with E-state index in [9.17, 15) is 14.7 Å². The van der Waals surface area contributed by atoms with Gasteiger partial charge in [0.25, 0.3) is 0 Å². The Balaban J connectivity index is 2.17. The number of carbonyl (C=O) groups is 2. The van der Waals surface area contributed by atoms with Gasteiger partial charge in [0, 0.05) is 18.0 Å². The molecule has 1 aromatic carbocycles. The summed E-state index contributed by atoms with van der Waals surface area (Å²) in [5.41, 5.74) is 1.19. The Morgan fingerprint density at radius 3 is 2.76 bits per heavy atom. The molecule has 104 valence electrons. The van der Waals surface area contributed by atoms with Crippen molar-refractivity contribution in [1.29, 1.82) is 0 Å². The SMILES string of the molecule is O=Cc1ccc(-c2cc(-n3cccn3)ccc2C(=O)O)o1. The molecule has 0 atom stereocenters. The maximum absolute atomic E-state index is 11.3. The number of rotatable bonds is 4. The number of carbonyl (C=O) groups excluding carboxylic acids is 1. The van der Waals surface area contributed by atoms with Crippen molar-refractivity contribution in [3.8, 4) is 17.0 Å². The summed E-state index contributed by atoms with van der Waals surface area (Å²) >= 11 is 0. The van der Waals surface area contributed by atoms with E-state index in [4.69, 9.17) is 4.42 Å². The first-order valence-corrected chi connectivity index (χ1v) is 6.12. The summed E-state index contributed by atoms with van der Waals surface area (Å²) < 4.78 is 6.93. The monoisotopic (exact) mass is 282 g/mol. The number of furan rings is 1. The number of carboxylic acids is 1. The second-order valence-electron chi connectivity index (χ2n) is 4.31. The fourth-order valence-corrected chi connectivity index (χ4v) is 2.05. The zero-order valence-electron chi connectivity index (χ0n) is 10.8. The van der Waals surface area contributed by atoms with Crippen molar-refractivity contribution >= 4 is 12.3 Å². The van der Waals surface area contributed by atoms with Gasteiger partial charge in [0.2, 0.25) is 0 Å². The van der Waals surface area contributed by atoms with Gasteiger partial charge in [0.1, 0.15) is 5.76 Å². The Morgan fingerprint density at radius 2 is 2.14 bits per heavy atom. The van der Waals surface area contributed by atoms with Crippen LogP contribution in [0.15, 0.2) is 53.2 Å². The van der Waals surface area contributed by atoms with Crippen LogP contribution in [0.5, 0.6) is 0 Å². The highest BCUT2D eigenvalue weighted by molar-refractivity contribution is 5.96. The van der Waals surface area contributed by atoms with Gasteiger partial charge < -0.3 is 9.52 Å². The van der Waals surface area contributed by atoms with E-state index in [1.54, 1.807) is 41.3 Å². The fraction of sp³-hybridized carbons (Fsp3) is 0. The number of carboxylic acid groups (broad SMARTS) is 1. The van der Waals surface area contributed by atoms with Crippen LogP contribution in [0.1, 0.15) is 20.9 Å². The molecule has 0 aliphatic heterocycles. The summed E-state index contributed by atoms with van der Waals surface area (Å²) in [6, 6.07) is 9.63. The summed E-state index contributed by atoms with van der Waals surface area (Å²) in [6.07, 6.45) is 3.95. The van der Waals surface area contributed by atoms with Crippen molar-refractivity contribution < 1.29 is 19.1 Å². The topological polar surface area (TPSA) is 85.3 Å². The first-order valence-electron chi connectivity index (χ1n) is 6.12. The van der Waals surface area contributed by atoms with Crippen LogP contribution >= 0.6 is 0 Å². The molecule has 0 radical (unpaired) electrons. The van der Waals surface area contributed by atoms with Crippen LogP contribution in [0.3, 0.4) is 0 Å². The Bertz CT molecular complexity index is 803. The third kappa shape index (κ3) is 2.34. The number of hydrogen-bond donors (Lipinski definition) is 1. The number of benzene rings is 1. The maximum atomic E-state index is 11.3.